The van der Waals surface area contributed by atoms with Crippen LogP contribution in [0.2, 0.25) is 0 Å². The molecule has 0 radical (unpaired) electrons. The van der Waals surface area contributed by atoms with Gasteiger partial charge in [-0.3, -0.25) is 0 Å². The molecule has 2 rings (SSSR count). The zero-order chi connectivity index (χ0) is 17.1. The molecule has 0 aliphatic carbocycles. The molecule has 1 unspecified atom stereocenters. The molecule has 1 N–H and O–H groups in total. The van der Waals surface area contributed by atoms with Crippen LogP contribution in [0.15, 0.2) is 34.1 Å². The molecular weight excluding hydrogens is 385 g/mol. The lowest BCUT2D eigenvalue weighted by Crippen LogP contribution is -2.42. The first-order chi connectivity index (χ1) is 10.7. The van der Waals surface area contributed by atoms with Crippen molar-refractivity contribution in [3.8, 4) is 0 Å². The van der Waals surface area contributed by atoms with Gasteiger partial charge in [0.25, 0.3) is 0 Å². The summed E-state index contributed by atoms with van der Waals surface area (Å²) in [6, 6.07) is 4.87. The van der Waals surface area contributed by atoms with Gasteiger partial charge in [0.15, 0.2) is 0 Å². The van der Waals surface area contributed by atoms with Gasteiger partial charge in [-0.1, -0.05) is 0 Å². The normalized spacial score (nSPS) is 19.8. The summed E-state index contributed by atoms with van der Waals surface area (Å²) in [5.41, 5.74) is -4.38. The van der Waals surface area contributed by atoms with Crippen LogP contribution >= 0.6 is 24.2 Å². The second kappa shape index (κ2) is 8.75. The third-order valence-electron chi connectivity index (χ3n) is 3.67. The topological polar surface area (TPSA) is 49.4 Å². The molecule has 1 aliphatic rings. The predicted molar refractivity (Wildman–Crippen MR) is 91.0 cm³/mol. The minimum atomic E-state index is -4.38. The molecule has 24 heavy (non-hydrogen) atoms. The van der Waals surface area contributed by atoms with E-state index in [0.717, 1.165) is 19.4 Å². The Kier molecular flexibility index (Phi) is 7.86. The molecule has 1 fully saturated rings. The highest BCUT2D eigenvalue weighted by Gasteiger charge is 2.31. The molecule has 10 heteroatoms. The van der Waals surface area contributed by atoms with Crippen LogP contribution in [-0.2, 0) is 10.0 Å². The van der Waals surface area contributed by atoms with Crippen molar-refractivity contribution in [3.63, 3.8) is 0 Å². The Morgan fingerprint density at radius 2 is 1.92 bits per heavy atom. The summed E-state index contributed by atoms with van der Waals surface area (Å²) in [5.74, 6) is 0.253. The predicted octanol–water partition coefficient (Wildman–Crippen LogP) is 3.34. The molecule has 0 aromatic heterocycles. The van der Waals surface area contributed by atoms with Gasteiger partial charge >= 0.3 is 5.51 Å². The highest BCUT2D eigenvalue weighted by molar-refractivity contribution is 8.00. The van der Waals surface area contributed by atoms with Gasteiger partial charge in [0, 0.05) is 18.0 Å². The smallest absolute Gasteiger partial charge is 0.319 e. The van der Waals surface area contributed by atoms with Crippen molar-refractivity contribution in [2.45, 2.75) is 28.1 Å². The molecule has 1 aromatic rings. The summed E-state index contributed by atoms with van der Waals surface area (Å²) in [6.07, 6.45) is 1.75. The average Bonchev–Trinajstić information content (AvgIpc) is 2.47. The van der Waals surface area contributed by atoms with Gasteiger partial charge < -0.3 is 5.32 Å². The summed E-state index contributed by atoms with van der Waals surface area (Å²) in [4.78, 5) is 0.0114. The maximum absolute atomic E-state index is 12.6. The average molecular weight is 405 g/mol. The van der Waals surface area contributed by atoms with E-state index in [1.165, 1.54) is 28.6 Å². The van der Waals surface area contributed by atoms with Gasteiger partial charge in [0.2, 0.25) is 10.0 Å². The van der Waals surface area contributed by atoms with Crippen molar-refractivity contribution in [1.82, 2.24) is 9.62 Å². The lowest BCUT2D eigenvalue weighted by Gasteiger charge is -2.31. The molecule has 0 spiro atoms. The number of nitrogens with zero attached hydrogens (tertiary/aromatic N) is 1. The SMILES string of the molecule is CNCC1CCCN(S(=O)(=O)c2ccc(SC(F)(F)F)cc2)C1.Cl. The van der Waals surface area contributed by atoms with Crippen molar-refractivity contribution < 1.29 is 21.6 Å². The van der Waals surface area contributed by atoms with Crippen LogP contribution in [0.3, 0.4) is 0 Å². The quantitative estimate of drug-likeness (QED) is 0.765. The number of benzene rings is 1. The lowest BCUT2D eigenvalue weighted by molar-refractivity contribution is -0.0328. The summed E-state index contributed by atoms with van der Waals surface area (Å²) in [5, 5.41) is 3.05. The van der Waals surface area contributed by atoms with Gasteiger partial charge in [-0.2, -0.15) is 17.5 Å². The molecular formula is C14H20ClF3N2O2S2. The van der Waals surface area contributed by atoms with E-state index in [4.69, 9.17) is 0 Å². The third-order valence-corrected chi connectivity index (χ3v) is 6.29. The van der Waals surface area contributed by atoms with Crippen molar-refractivity contribution >= 4 is 34.2 Å². The Labute approximate surface area is 150 Å². The summed E-state index contributed by atoms with van der Waals surface area (Å²) in [6.45, 7) is 1.62. The molecule has 1 atom stereocenters. The third kappa shape index (κ3) is 5.80. The molecule has 1 aromatic carbocycles. The van der Waals surface area contributed by atoms with Crippen LogP contribution < -0.4 is 5.32 Å². The van der Waals surface area contributed by atoms with Gasteiger partial charge in [-0.25, -0.2) is 8.42 Å². The standard InChI is InChI=1S/C14H19F3N2O2S2.ClH/c1-18-9-11-3-2-8-19(10-11)23(20,21)13-6-4-12(5-7-13)22-14(15,16)17;/h4-7,11,18H,2-3,8-10H2,1H3;1H. The number of nitrogens with one attached hydrogen (secondary N) is 1. The van der Waals surface area contributed by atoms with E-state index in [1.807, 2.05) is 7.05 Å². The van der Waals surface area contributed by atoms with Crippen LogP contribution in [0.5, 0.6) is 0 Å². The van der Waals surface area contributed by atoms with Crippen LogP contribution in [0.25, 0.3) is 0 Å². The van der Waals surface area contributed by atoms with E-state index in [2.05, 4.69) is 5.32 Å². The summed E-state index contributed by atoms with van der Waals surface area (Å²) < 4.78 is 63.6. The number of hydrogen-bond acceptors (Lipinski definition) is 4. The van der Waals surface area contributed by atoms with Crippen molar-refractivity contribution in [3.05, 3.63) is 24.3 Å². The second-order valence-corrected chi connectivity index (χ2v) is 8.52. The highest BCUT2D eigenvalue weighted by atomic mass is 35.5. The van der Waals surface area contributed by atoms with Gasteiger partial charge in [-0.05, 0) is 68.4 Å². The fourth-order valence-electron chi connectivity index (χ4n) is 2.66. The van der Waals surface area contributed by atoms with Crippen LogP contribution in [0.1, 0.15) is 12.8 Å². The van der Waals surface area contributed by atoms with E-state index >= 15 is 0 Å². The van der Waals surface area contributed by atoms with Gasteiger partial charge in [0.05, 0.1) is 4.90 Å². The Morgan fingerprint density at radius 3 is 2.46 bits per heavy atom. The minimum Gasteiger partial charge on any atom is -0.319 e. The lowest BCUT2D eigenvalue weighted by atomic mass is 10.00. The van der Waals surface area contributed by atoms with Crippen LogP contribution in [-0.4, -0.2) is 44.9 Å². The second-order valence-electron chi connectivity index (χ2n) is 5.45. The molecule has 0 bridgehead atoms. The molecule has 1 saturated heterocycles. The molecule has 138 valence electrons. The Balaban J connectivity index is 0.00000288. The zero-order valence-electron chi connectivity index (χ0n) is 13.0. The molecule has 1 aliphatic heterocycles. The molecule has 0 amide bonds. The Morgan fingerprint density at radius 1 is 1.29 bits per heavy atom. The first kappa shape index (κ1) is 21.6. The number of rotatable bonds is 5. The van der Waals surface area contributed by atoms with E-state index in [9.17, 15) is 21.6 Å². The van der Waals surface area contributed by atoms with Gasteiger partial charge in [-0.15, -0.1) is 12.4 Å². The van der Waals surface area contributed by atoms with E-state index in [-0.39, 0.29) is 39.9 Å². The first-order valence-corrected chi connectivity index (χ1v) is 9.48. The number of alkyl halides is 3. The number of piperidine rings is 1. The highest BCUT2D eigenvalue weighted by Crippen LogP contribution is 2.37. The molecule has 4 nitrogen and oxygen atoms in total. The number of halogens is 4. The van der Waals surface area contributed by atoms with E-state index in [0.29, 0.717) is 13.1 Å². The first-order valence-electron chi connectivity index (χ1n) is 7.23. The Hall–Kier alpha value is -0.480. The maximum Gasteiger partial charge on any atom is 0.446 e. The maximum atomic E-state index is 12.6. The fraction of sp³-hybridized carbons (Fsp3) is 0.571. The summed E-state index contributed by atoms with van der Waals surface area (Å²) in [7, 11) is -1.83. The monoisotopic (exact) mass is 404 g/mol. The fourth-order valence-corrected chi connectivity index (χ4v) is 4.76. The van der Waals surface area contributed by atoms with Crippen molar-refractivity contribution in [2.24, 2.45) is 5.92 Å². The van der Waals surface area contributed by atoms with Crippen molar-refractivity contribution in [1.29, 1.82) is 0 Å². The largest absolute Gasteiger partial charge is 0.446 e. The molecule has 0 saturated carbocycles. The van der Waals surface area contributed by atoms with E-state index < -0.39 is 15.5 Å². The van der Waals surface area contributed by atoms with Crippen molar-refractivity contribution in [2.75, 3.05) is 26.7 Å². The Bertz CT molecular complexity index is 622. The minimum absolute atomic E-state index is 0. The number of sulfonamides is 1. The zero-order valence-corrected chi connectivity index (χ0v) is 15.5. The number of thioether (sulfide) groups is 1. The summed E-state index contributed by atoms with van der Waals surface area (Å²) >= 11 is -0.254. The molecule has 1 heterocycles. The van der Waals surface area contributed by atoms with Crippen LogP contribution in [0, 0.1) is 5.92 Å². The van der Waals surface area contributed by atoms with E-state index in [1.54, 1.807) is 0 Å². The number of hydrogen-bond donors (Lipinski definition) is 1. The van der Waals surface area contributed by atoms with Crippen LogP contribution in [0.4, 0.5) is 13.2 Å². The van der Waals surface area contributed by atoms with Gasteiger partial charge in [0.1, 0.15) is 0 Å².